The lowest BCUT2D eigenvalue weighted by Gasteiger charge is -2.57. The third-order valence-electron chi connectivity index (χ3n) is 12.0. The van der Waals surface area contributed by atoms with Crippen molar-refractivity contribution in [2.45, 2.75) is 96.5 Å². The third kappa shape index (κ3) is 3.07. The van der Waals surface area contributed by atoms with Gasteiger partial charge in [0.2, 0.25) is 0 Å². The highest BCUT2D eigenvalue weighted by Gasteiger charge is 2.64. The Morgan fingerprint density at radius 1 is 0.742 bits per heavy atom. The molecule has 3 N–H and O–H groups in total. The summed E-state index contributed by atoms with van der Waals surface area (Å²) in [6.45, 7) is 9.85. The van der Waals surface area contributed by atoms with Crippen molar-refractivity contribution in [3.8, 4) is 0 Å². The molecule has 8 unspecified atom stereocenters. The summed E-state index contributed by atoms with van der Waals surface area (Å²) in [5.74, 6) is 5.25. The van der Waals surface area contributed by atoms with Gasteiger partial charge in [-0.05, 0) is 110 Å². The first-order valence-electron chi connectivity index (χ1n) is 13.6. The van der Waals surface area contributed by atoms with Crippen LogP contribution < -0.4 is 0 Å². The Balaban J connectivity index is 1.31. The van der Waals surface area contributed by atoms with Crippen LogP contribution in [0.5, 0.6) is 0 Å². The van der Waals surface area contributed by atoms with Gasteiger partial charge in [-0.1, -0.05) is 20.8 Å². The quantitative estimate of drug-likeness (QED) is 0.549. The van der Waals surface area contributed by atoms with Crippen molar-refractivity contribution in [3.05, 3.63) is 0 Å². The van der Waals surface area contributed by atoms with Crippen molar-refractivity contribution in [1.29, 1.82) is 0 Å². The number of aliphatic hydroxyl groups is 3. The number of fused-ring (bicyclic) bond motifs is 8. The van der Waals surface area contributed by atoms with E-state index in [-0.39, 0.29) is 29.6 Å². The predicted molar refractivity (Wildman–Crippen MR) is 121 cm³/mol. The zero-order chi connectivity index (χ0) is 21.7. The first-order valence-corrected chi connectivity index (χ1v) is 13.6. The number of rotatable bonds is 0. The Hall–Kier alpha value is -0.160. The molecule has 6 fully saturated rings. The van der Waals surface area contributed by atoms with Crippen LogP contribution in [0.4, 0.5) is 0 Å². The Morgan fingerprint density at radius 2 is 1.52 bits per heavy atom. The Morgan fingerprint density at radius 3 is 2.32 bits per heavy atom. The number of piperidine rings is 2. The molecule has 4 nitrogen and oxygen atoms in total. The lowest BCUT2D eigenvalue weighted by molar-refractivity contribution is -0.142. The molecular formula is C27H45NO3. The standard InChI is InChI=1S/C27H45NO3/c1-14-4-5-23-15(2)17-10-25(31)26-18(20(17)13-28(23)12-14)9-21-19(26)11-24(30)22-8-16(29)6-7-27(21,22)3/h14-26,29-31H,4-13H2,1-3H3/t14-,15+,16+,17?,18?,19?,20?,21?,22?,23?,24+,25-,26?,27+/m0/s1. The van der Waals surface area contributed by atoms with Gasteiger partial charge in [0.1, 0.15) is 0 Å². The summed E-state index contributed by atoms with van der Waals surface area (Å²) in [6.07, 6.45) is 7.79. The molecule has 0 aromatic carbocycles. The topological polar surface area (TPSA) is 63.9 Å². The van der Waals surface area contributed by atoms with Crippen LogP contribution in [-0.2, 0) is 0 Å². The fourth-order valence-corrected chi connectivity index (χ4v) is 10.6. The molecule has 4 heteroatoms. The largest absolute Gasteiger partial charge is 0.393 e. The van der Waals surface area contributed by atoms with Crippen molar-refractivity contribution in [2.24, 2.45) is 58.7 Å². The van der Waals surface area contributed by atoms with Crippen molar-refractivity contribution >= 4 is 0 Å². The van der Waals surface area contributed by atoms with E-state index in [0.717, 1.165) is 50.0 Å². The zero-order valence-corrected chi connectivity index (χ0v) is 19.9. The van der Waals surface area contributed by atoms with Gasteiger partial charge in [0.05, 0.1) is 18.3 Å². The highest BCUT2D eigenvalue weighted by molar-refractivity contribution is 5.13. The van der Waals surface area contributed by atoms with Crippen LogP contribution in [0.15, 0.2) is 0 Å². The summed E-state index contributed by atoms with van der Waals surface area (Å²) in [7, 11) is 0. The summed E-state index contributed by atoms with van der Waals surface area (Å²) < 4.78 is 0. The zero-order valence-electron chi connectivity index (χ0n) is 19.9. The van der Waals surface area contributed by atoms with E-state index in [0.29, 0.717) is 35.5 Å². The van der Waals surface area contributed by atoms with E-state index in [1.165, 1.54) is 32.4 Å². The summed E-state index contributed by atoms with van der Waals surface area (Å²) in [6, 6.07) is 0.730. The third-order valence-corrected chi connectivity index (χ3v) is 12.0. The van der Waals surface area contributed by atoms with Gasteiger partial charge >= 0.3 is 0 Å². The summed E-state index contributed by atoms with van der Waals surface area (Å²) in [4.78, 5) is 2.84. The van der Waals surface area contributed by atoms with Gasteiger partial charge in [-0.25, -0.2) is 0 Å². The molecule has 14 atom stereocenters. The highest BCUT2D eigenvalue weighted by Crippen LogP contribution is 2.67. The van der Waals surface area contributed by atoms with E-state index < -0.39 is 0 Å². The second kappa shape index (κ2) is 7.42. The van der Waals surface area contributed by atoms with Gasteiger partial charge in [-0.15, -0.1) is 0 Å². The van der Waals surface area contributed by atoms with Gasteiger partial charge in [0.15, 0.2) is 0 Å². The van der Waals surface area contributed by atoms with Crippen LogP contribution in [-0.4, -0.2) is 57.7 Å². The van der Waals surface area contributed by atoms with Crippen LogP contribution >= 0.6 is 0 Å². The summed E-state index contributed by atoms with van der Waals surface area (Å²) in [5.41, 5.74) is 0.135. The van der Waals surface area contributed by atoms with Gasteiger partial charge < -0.3 is 15.3 Å². The molecule has 0 aromatic heterocycles. The molecular weight excluding hydrogens is 386 g/mol. The van der Waals surface area contributed by atoms with E-state index in [1.807, 2.05) is 0 Å². The van der Waals surface area contributed by atoms with Crippen LogP contribution in [0.1, 0.15) is 72.1 Å². The maximum Gasteiger partial charge on any atom is 0.0577 e. The van der Waals surface area contributed by atoms with Crippen molar-refractivity contribution < 1.29 is 15.3 Å². The minimum Gasteiger partial charge on any atom is -0.393 e. The van der Waals surface area contributed by atoms with Gasteiger partial charge in [0.25, 0.3) is 0 Å². The minimum atomic E-state index is -0.303. The normalized spacial score (nSPS) is 61.5. The Bertz CT molecular complexity index is 700. The second-order valence-corrected chi connectivity index (χ2v) is 13.3. The molecule has 0 amide bonds. The maximum absolute atomic E-state index is 11.5. The fourth-order valence-electron chi connectivity index (χ4n) is 10.6. The van der Waals surface area contributed by atoms with Crippen molar-refractivity contribution in [2.75, 3.05) is 13.1 Å². The first kappa shape index (κ1) is 21.4. The van der Waals surface area contributed by atoms with E-state index in [1.54, 1.807) is 0 Å². The van der Waals surface area contributed by atoms with Gasteiger partial charge in [-0.2, -0.15) is 0 Å². The first-order chi connectivity index (χ1) is 14.8. The molecule has 0 spiro atoms. The molecule has 2 saturated heterocycles. The smallest absolute Gasteiger partial charge is 0.0577 e. The summed E-state index contributed by atoms with van der Waals surface area (Å²) in [5, 5.41) is 33.0. The molecule has 2 heterocycles. The molecule has 4 aliphatic carbocycles. The van der Waals surface area contributed by atoms with Crippen LogP contribution in [0.3, 0.4) is 0 Å². The van der Waals surface area contributed by atoms with E-state index >= 15 is 0 Å². The number of aliphatic hydroxyl groups excluding tert-OH is 3. The van der Waals surface area contributed by atoms with Gasteiger partial charge in [-0.3, -0.25) is 4.90 Å². The Kier molecular flexibility index (Phi) is 5.12. The van der Waals surface area contributed by atoms with Crippen LogP contribution in [0, 0.1) is 58.7 Å². The molecule has 0 radical (unpaired) electrons. The monoisotopic (exact) mass is 431 g/mol. The predicted octanol–water partition coefficient (Wildman–Crippen LogP) is 3.53. The van der Waals surface area contributed by atoms with Crippen LogP contribution in [0.25, 0.3) is 0 Å². The number of hydrogen-bond acceptors (Lipinski definition) is 4. The van der Waals surface area contributed by atoms with Gasteiger partial charge in [0, 0.05) is 19.1 Å². The molecule has 4 saturated carbocycles. The molecule has 6 rings (SSSR count). The number of hydrogen-bond donors (Lipinski definition) is 3. The minimum absolute atomic E-state index is 0.135. The number of nitrogens with zero attached hydrogens (tertiary/aromatic N) is 1. The average molecular weight is 432 g/mol. The molecule has 2 aliphatic heterocycles. The average Bonchev–Trinajstić information content (AvgIpc) is 3.12. The van der Waals surface area contributed by atoms with E-state index in [9.17, 15) is 15.3 Å². The molecule has 31 heavy (non-hydrogen) atoms. The molecule has 0 bridgehead atoms. The van der Waals surface area contributed by atoms with Crippen molar-refractivity contribution in [3.63, 3.8) is 0 Å². The lowest BCUT2D eigenvalue weighted by atomic mass is 9.51. The highest BCUT2D eigenvalue weighted by atomic mass is 16.3. The second-order valence-electron chi connectivity index (χ2n) is 13.3. The van der Waals surface area contributed by atoms with Crippen molar-refractivity contribution in [1.82, 2.24) is 4.90 Å². The molecule has 6 aliphatic rings. The van der Waals surface area contributed by atoms with E-state index in [4.69, 9.17) is 0 Å². The fraction of sp³-hybridized carbons (Fsp3) is 1.00. The molecule has 0 aromatic rings. The summed E-state index contributed by atoms with van der Waals surface area (Å²) >= 11 is 0. The maximum atomic E-state index is 11.5. The van der Waals surface area contributed by atoms with E-state index in [2.05, 4.69) is 25.7 Å². The SMILES string of the molecule is C[C@H]1CCC2[C@H](C)C3C[C@H](O)C4C(CC5C4C[C@@H](O)C4C[C@H](O)CC[C@]54C)C3CN2C1. The molecule has 176 valence electrons. The Labute approximate surface area is 188 Å². The van der Waals surface area contributed by atoms with Crippen LogP contribution in [0.2, 0.25) is 0 Å². The lowest BCUT2D eigenvalue weighted by Crippen LogP contribution is -2.60.